The maximum Gasteiger partial charge on any atom is 0.128 e. The monoisotopic (exact) mass is 278 g/mol. The minimum Gasteiger partial charge on any atom is -0.496 e. The van der Waals surface area contributed by atoms with Gasteiger partial charge in [0.1, 0.15) is 11.5 Å². The van der Waals surface area contributed by atoms with Crippen LogP contribution in [0.15, 0.2) is 18.2 Å². The maximum absolute atomic E-state index is 11.2. The average molecular weight is 278 g/mol. The van der Waals surface area contributed by atoms with Crippen molar-refractivity contribution in [2.45, 2.75) is 51.6 Å². The Balaban J connectivity index is 2.43. The van der Waals surface area contributed by atoms with Gasteiger partial charge in [0.05, 0.1) is 25.4 Å². The lowest BCUT2D eigenvalue weighted by Gasteiger charge is -2.31. The molecule has 1 aromatic carbocycles. The minimum absolute atomic E-state index is 0.291. The molecular formula is C17H26O3. The molecule has 1 aliphatic rings. The zero-order chi connectivity index (χ0) is 14.8. The van der Waals surface area contributed by atoms with Crippen molar-refractivity contribution in [3.8, 4) is 11.5 Å². The summed E-state index contributed by atoms with van der Waals surface area (Å²) in [4.78, 5) is 0. The Morgan fingerprint density at radius 2 is 1.55 bits per heavy atom. The summed E-state index contributed by atoms with van der Waals surface area (Å²) in [6.45, 7) is 4.55. The predicted octanol–water partition coefficient (Wildman–Crippen LogP) is 3.88. The van der Waals surface area contributed by atoms with Crippen LogP contribution < -0.4 is 9.47 Å². The third-order valence-electron chi connectivity index (χ3n) is 4.55. The van der Waals surface area contributed by atoms with E-state index in [9.17, 15) is 5.11 Å². The summed E-state index contributed by atoms with van der Waals surface area (Å²) < 4.78 is 10.9. The van der Waals surface area contributed by atoms with E-state index in [2.05, 4.69) is 13.8 Å². The van der Waals surface area contributed by atoms with E-state index in [1.807, 2.05) is 18.2 Å². The second-order valence-corrected chi connectivity index (χ2v) is 6.59. The van der Waals surface area contributed by atoms with Gasteiger partial charge < -0.3 is 14.6 Å². The number of methoxy groups -OCH3 is 2. The molecule has 0 aromatic heterocycles. The second-order valence-electron chi connectivity index (χ2n) is 6.59. The van der Waals surface area contributed by atoms with Crippen molar-refractivity contribution >= 4 is 0 Å². The van der Waals surface area contributed by atoms with Crippen LogP contribution in [0.5, 0.6) is 11.5 Å². The van der Waals surface area contributed by atoms with Crippen molar-refractivity contribution in [2.75, 3.05) is 14.2 Å². The first-order valence-corrected chi connectivity index (χ1v) is 7.36. The van der Waals surface area contributed by atoms with Crippen molar-refractivity contribution in [2.24, 2.45) is 5.41 Å². The van der Waals surface area contributed by atoms with Gasteiger partial charge >= 0.3 is 0 Å². The average Bonchev–Trinajstić information content (AvgIpc) is 2.57. The van der Waals surface area contributed by atoms with Gasteiger partial charge in [-0.3, -0.25) is 0 Å². The number of benzene rings is 1. The number of hydrogen-bond acceptors (Lipinski definition) is 3. The summed E-state index contributed by atoms with van der Waals surface area (Å²) in [7, 11) is 3.28. The lowest BCUT2D eigenvalue weighted by atomic mass is 9.82. The fourth-order valence-corrected chi connectivity index (χ4v) is 3.21. The van der Waals surface area contributed by atoms with Crippen LogP contribution in [0.3, 0.4) is 0 Å². The standard InChI is InChI=1S/C17H26O3/c1-16(2)9-6-10-17(18,12-11-16)15-13(19-3)7-5-8-14(15)20-4/h5,7-8,18H,6,9-12H2,1-4H3. The molecule has 0 aliphatic heterocycles. The van der Waals surface area contributed by atoms with Crippen molar-refractivity contribution < 1.29 is 14.6 Å². The molecule has 1 unspecified atom stereocenters. The number of aliphatic hydroxyl groups is 1. The van der Waals surface area contributed by atoms with E-state index in [1.165, 1.54) is 0 Å². The third-order valence-corrected chi connectivity index (χ3v) is 4.55. The molecule has 1 saturated carbocycles. The van der Waals surface area contributed by atoms with Crippen LogP contribution in [-0.4, -0.2) is 19.3 Å². The first kappa shape index (κ1) is 15.2. The molecule has 20 heavy (non-hydrogen) atoms. The van der Waals surface area contributed by atoms with Crippen molar-refractivity contribution in [3.63, 3.8) is 0 Å². The Morgan fingerprint density at radius 1 is 0.950 bits per heavy atom. The highest BCUT2D eigenvalue weighted by Gasteiger charge is 2.39. The lowest BCUT2D eigenvalue weighted by molar-refractivity contribution is 0.0136. The molecule has 1 aliphatic carbocycles. The third kappa shape index (κ3) is 2.93. The fraction of sp³-hybridized carbons (Fsp3) is 0.647. The van der Waals surface area contributed by atoms with Crippen LogP contribution in [0.4, 0.5) is 0 Å². The maximum atomic E-state index is 11.2. The van der Waals surface area contributed by atoms with Crippen LogP contribution in [0.1, 0.15) is 51.5 Å². The highest BCUT2D eigenvalue weighted by atomic mass is 16.5. The second kappa shape index (κ2) is 5.65. The summed E-state index contributed by atoms with van der Waals surface area (Å²) in [5, 5.41) is 11.2. The SMILES string of the molecule is COc1cccc(OC)c1C1(O)CCCC(C)(C)CC1. The molecule has 0 saturated heterocycles. The van der Waals surface area contributed by atoms with Gasteiger partial charge in [-0.25, -0.2) is 0 Å². The topological polar surface area (TPSA) is 38.7 Å². The summed E-state index contributed by atoms with van der Waals surface area (Å²) >= 11 is 0. The van der Waals surface area contributed by atoms with E-state index in [1.54, 1.807) is 14.2 Å². The Hall–Kier alpha value is -1.22. The Kier molecular flexibility index (Phi) is 4.28. The minimum atomic E-state index is -0.855. The molecule has 3 heteroatoms. The zero-order valence-corrected chi connectivity index (χ0v) is 13.0. The Labute approximate surface area is 121 Å². The van der Waals surface area contributed by atoms with E-state index in [4.69, 9.17) is 9.47 Å². The molecular weight excluding hydrogens is 252 g/mol. The summed E-state index contributed by atoms with van der Waals surface area (Å²) in [5.41, 5.74) is 0.244. The van der Waals surface area contributed by atoms with Gasteiger partial charge in [0.2, 0.25) is 0 Å². The van der Waals surface area contributed by atoms with Crippen LogP contribution >= 0.6 is 0 Å². The van der Waals surface area contributed by atoms with E-state index in [-0.39, 0.29) is 0 Å². The number of rotatable bonds is 3. The number of ether oxygens (including phenoxy) is 2. The quantitative estimate of drug-likeness (QED) is 0.853. The largest absolute Gasteiger partial charge is 0.496 e. The normalized spacial score (nSPS) is 25.9. The molecule has 1 N–H and O–H groups in total. The molecule has 0 radical (unpaired) electrons. The van der Waals surface area contributed by atoms with Crippen LogP contribution in [0.2, 0.25) is 0 Å². The van der Waals surface area contributed by atoms with Crippen LogP contribution in [0.25, 0.3) is 0 Å². The number of hydrogen-bond donors (Lipinski definition) is 1. The van der Waals surface area contributed by atoms with Gasteiger partial charge in [0.15, 0.2) is 0 Å². The van der Waals surface area contributed by atoms with Crippen LogP contribution in [-0.2, 0) is 5.60 Å². The zero-order valence-electron chi connectivity index (χ0n) is 13.0. The van der Waals surface area contributed by atoms with Gasteiger partial charge in [-0.1, -0.05) is 19.9 Å². The molecule has 1 atom stereocenters. The van der Waals surface area contributed by atoms with Crippen molar-refractivity contribution in [3.05, 3.63) is 23.8 Å². The van der Waals surface area contributed by atoms with E-state index in [0.717, 1.165) is 37.7 Å². The molecule has 0 bridgehead atoms. The summed E-state index contributed by atoms with van der Waals surface area (Å²) in [6, 6.07) is 5.68. The summed E-state index contributed by atoms with van der Waals surface area (Å²) in [6.07, 6.45) is 4.67. The Morgan fingerprint density at radius 3 is 2.10 bits per heavy atom. The molecule has 112 valence electrons. The smallest absolute Gasteiger partial charge is 0.128 e. The highest BCUT2D eigenvalue weighted by molar-refractivity contribution is 5.48. The van der Waals surface area contributed by atoms with E-state index < -0.39 is 5.60 Å². The van der Waals surface area contributed by atoms with Crippen LogP contribution in [0, 0.1) is 5.41 Å². The highest BCUT2D eigenvalue weighted by Crippen LogP contribution is 2.48. The molecule has 0 amide bonds. The molecule has 2 rings (SSSR count). The van der Waals surface area contributed by atoms with Gasteiger partial charge in [-0.05, 0) is 49.7 Å². The fourth-order valence-electron chi connectivity index (χ4n) is 3.21. The molecule has 1 fully saturated rings. The van der Waals surface area contributed by atoms with Gasteiger partial charge in [0.25, 0.3) is 0 Å². The van der Waals surface area contributed by atoms with Gasteiger partial charge in [-0.15, -0.1) is 0 Å². The summed E-state index contributed by atoms with van der Waals surface area (Å²) in [5.74, 6) is 1.43. The van der Waals surface area contributed by atoms with Crippen molar-refractivity contribution in [1.29, 1.82) is 0 Å². The molecule has 0 heterocycles. The van der Waals surface area contributed by atoms with E-state index >= 15 is 0 Å². The van der Waals surface area contributed by atoms with E-state index in [0.29, 0.717) is 16.9 Å². The predicted molar refractivity (Wildman–Crippen MR) is 80.3 cm³/mol. The molecule has 0 spiro atoms. The first-order chi connectivity index (χ1) is 9.42. The first-order valence-electron chi connectivity index (χ1n) is 7.36. The Bertz CT molecular complexity index is 445. The van der Waals surface area contributed by atoms with Crippen molar-refractivity contribution in [1.82, 2.24) is 0 Å². The molecule has 1 aromatic rings. The molecule has 3 nitrogen and oxygen atoms in total. The lowest BCUT2D eigenvalue weighted by Crippen LogP contribution is -2.26. The van der Waals surface area contributed by atoms with Gasteiger partial charge in [0, 0.05) is 0 Å². The van der Waals surface area contributed by atoms with Gasteiger partial charge in [-0.2, -0.15) is 0 Å².